The Labute approximate surface area is 202 Å². The second-order valence-corrected chi connectivity index (χ2v) is 11.2. The van der Waals surface area contributed by atoms with Crippen LogP contribution in [0.5, 0.6) is 5.75 Å². The van der Waals surface area contributed by atoms with Crippen molar-refractivity contribution in [2.45, 2.75) is 39.8 Å². The highest BCUT2D eigenvalue weighted by Crippen LogP contribution is 2.46. The molecule has 1 aromatic carbocycles. The first-order chi connectivity index (χ1) is 16.4. The van der Waals surface area contributed by atoms with Crippen molar-refractivity contribution < 1.29 is 21.9 Å². The number of hydrogen-bond donors (Lipinski definition) is 1. The molecule has 0 radical (unpaired) electrons. The van der Waals surface area contributed by atoms with Crippen LogP contribution in [0.3, 0.4) is 0 Å². The van der Waals surface area contributed by atoms with Gasteiger partial charge in [-0.2, -0.15) is 8.78 Å². The quantitative estimate of drug-likeness (QED) is 0.669. The van der Waals surface area contributed by atoms with Crippen molar-refractivity contribution in [2.75, 3.05) is 11.6 Å². The summed E-state index contributed by atoms with van der Waals surface area (Å²) in [6.07, 6.45) is 11.4. The van der Waals surface area contributed by atoms with Crippen molar-refractivity contribution >= 4 is 21.3 Å². The Morgan fingerprint density at radius 2 is 1.97 bits per heavy atom. The molecule has 0 fully saturated rings. The van der Waals surface area contributed by atoms with Gasteiger partial charge in [0.15, 0.2) is 5.82 Å². The molecule has 1 aliphatic carbocycles. The Bertz CT molecular complexity index is 1470. The molecule has 11 heteroatoms. The molecule has 35 heavy (non-hydrogen) atoms. The van der Waals surface area contributed by atoms with Gasteiger partial charge in [0.2, 0.25) is 10.0 Å². The lowest BCUT2D eigenvalue weighted by molar-refractivity contribution is -0.0500. The fourth-order valence-corrected chi connectivity index (χ4v) is 5.79. The number of hydrogen-bond acceptors (Lipinski definition) is 6. The summed E-state index contributed by atoms with van der Waals surface area (Å²) >= 11 is 0. The standard InChI is InChI=1S/C24H25F2N5O3S/c1-13-20(16-7-6-8-18-15(11-16)9-10-30(18)35(5,32)33)19(34-23(25)26)12-17-21(13)31-14(2)28-29-22(31)24(3,4)27-17/h6-12,15,23,27H,1-5H3. The van der Waals surface area contributed by atoms with Gasteiger partial charge in [-0.15, -0.1) is 10.2 Å². The van der Waals surface area contributed by atoms with Crippen LogP contribution in [0.15, 0.2) is 48.3 Å². The minimum absolute atomic E-state index is 0.0232. The molecule has 184 valence electrons. The topological polar surface area (TPSA) is 89.4 Å². The van der Waals surface area contributed by atoms with Crippen LogP contribution in [-0.2, 0) is 15.6 Å². The van der Waals surface area contributed by atoms with E-state index in [0.29, 0.717) is 39.7 Å². The average molecular weight is 502 g/mol. The lowest BCUT2D eigenvalue weighted by Crippen LogP contribution is -2.36. The predicted molar refractivity (Wildman–Crippen MR) is 129 cm³/mol. The van der Waals surface area contributed by atoms with E-state index in [1.54, 1.807) is 30.4 Å². The molecule has 0 spiro atoms. The van der Waals surface area contributed by atoms with Crippen molar-refractivity contribution in [1.82, 2.24) is 19.1 Å². The van der Waals surface area contributed by atoms with E-state index in [4.69, 9.17) is 4.74 Å². The van der Waals surface area contributed by atoms with Gasteiger partial charge >= 0.3 is 6.61 Å². The molecular formula is C24H25F2N5O3S. The minimum Gasteiger partial charge on any atom is -0.434 e. The van der Waals surface area contributed by atoms with Crippen molar-refractivity contribution in [3.05, 3.63) is 71.1 Å². The average Bonchev–Trinajstić information content (AvgIpc) is 3.25. The van der Waals surface area contributed by atoms with Crippen LogP contribution in [0.4, 0.5) is 14.5 Å². The molecule has 2 aromatic rings. The maximum Gasteiger partial charge on any atom is 0.387 e. The third-order valence-corrected chi connectivity index (χ3v) is 7.40. The Balaban J connectivity index is 1.72. The Kier molecular flexibility index (Phi) is 5.17. The van der Waals surface area contributed by atoms with E-state index in [1.807, 2.05) is 38.3 Å². The number of aromatic nitrogens is 3. The molecule has 0 saturated carbocycles. The summed E-state index contributed by atoms with van der Waals surface area (Å²) in [5.41, 5.74) is 3.18. The van der Waals surface area contributed by atoms with Crippen molar-refractivity contribution in [3.63, 3.8) is 0 Å². The number of rotatable bonds is 4. The predicted octanol–water partition coefficient (Wildman–Crippen LogP) is 4.39. The number of nitrogens with one attached hydrogen (secondary N) is 1. The lowest BCUT2D eigenvalue weighted by atomic mass is 9.91. The molecular weight excluding hydrogens is 476 g/mol. The third-order valence-electron chi connectivity index (χ3n) is 6.35. The lowest BCUT2D eigenvalue weighted by Gasteiger charge is -2.35. The van der Waals surface area contributed by atoms with Gasteiger partial charge in [0.1, 0.15) is 11.6 Å². The molecule has 8 nitrogen and oxygen atoms in total. The molecule has 1 aromatic heterocycles. The maximum atomic E-state index is 13.5. The van der Waals surface area contributed by atoms with Gasteiger partial charge in [-0.05, 0) is 44.9 Å². The van der Waals surface area contributed by atoms with Crippen molar-refractivity contribution in [1.29, 1.82) is 0 Å². The molecule has 0 bridgehead atoms. The second kappa shape index (κ2) is 7.77. The number of ether oxygens (including phenoxy) is 1. The van der Waals surface area contributed by atoms with E-state index in [1.165, 1.54) is 10.5 Å². The number of aryl methyl sites for hydroxylation is 1. The highest BCUT2D eigenvalue weighted by atomic mass is 32.2. The van der Waals surface area contributed by atoms with E-state index >= 15 is 0 Å². The number of anilines is 1. The number of allylic oxidation sites excluding steroid dienone is 5. The van der Waals surface area contributed by atoms with Gasteiger partial charge < -0.3 is 10.1 Å². The fourth-order valence-electron chi connectivity index (χ4n) is 4.93. The van der Waals surface area contributed by atoms with Crippen LogP contribution >= 0.6 is 0 Å². The number of halogens is 2. The van der Waals surface area contributed by atoms with Crippen LogP contribution in [0, 0.1) is 19.8 Å². The molecule has 0 saturated heterocycles. The van der Waals surface area contributed by atoms with Gasteiger partial charge in [-0.3, -0.25) is 4.57 Å². The number of sulfonamides is 1. The van der Waals surface area contributed by atoms with Crippen LogP contribution in [-0.4, -0.2) is 40.4 Å². The minimum atomic E-state index is -3.49. The van der Waals surface area contributed by atoms with E-state index in [2.05, 4.69) is 15.5 Å². The first-order valence-corrected chi connectivity index (χ1v) is 12.8. The van der Waals surface area contributed by atoms with Crippen molar-refractivity contribution in [3.8, 4) is 11.4 Å². The smallest absolute Gasteiger partial charge is 0.387 e. The molecule has 1 N–H and O–H groups in total. The highest BCUT2D eigenvalue weighted by molar-refractivity contribution is 7.88. The zero-order valence-corrected chi connectivity index (χ0v) is 20.7. The molecule has 3 aliphatic rings. The first-order valence-electron chi connectivity index (χ1n) is 11.0. The third kappa shape index (κ3) is 3.74. The van der Waals surface area contributed by atoms with Gasteiger partial charge in [0.25, 0.3) is 0 Å². The summed E-state index contributed by atoms with van der Waals surface area (Å²) < 4.78 is 59.6. The Morgan fingerprint density at radius 1 is 1.23 bits per heavy atom. The zero-order valence-electron chi connectivity index (χ0n) is 19.9. The summed E-state index contributed by atoms with van der Waals surface area (Å²) in [6.45, 7) is 4.55. The summed E-state index contributed by atoms with van der Waals surface area (Å²) in [5, 5.41) is 12.0. The number of fused-ring (bicyclic) bond motifs is 4. The normalized spacial score (nSPS) is 20.0. The number of alkyl halides is 2. The summed E-state index contributed by atoms with van der Waals surface area (Å²) in [6, 6.07) is 1.58. The van der Waals surface area contributed by atoms with Gasteiger partial charge in [0.05, 0.1) is 23.2 Å². The molecule has 1 atom stereocenters. The largest absolute Gasteiger partial charge is 0.434 e. The summed E-state index contributed by atoms with van der Waals surface area (Å²) in [5.74, 6) is 1.05. The Hall–Kier alpha value is -3.47. The van der Waals surface area contributed by atoms with Crippen LogP contribution in [0.2, 0.25) is 0 Å². The fraction of sp³-hybridized carbons (Fsp3) is 0.333. The SMILES string of the molecule is Cc1c(C2=CC3C=CN(S(C)(=O)=O)C3=CC=C2)c(OC(F)F)cc2c1-n1c(C)nnc1C(C)(C)N2. The monoisotopic (exact) mass is 501 g/mol. The van der Waals surface area contributed by atoms with E-state index in [9.17, 15) is 17.2 Å². The van der Waals surface area contributed by atoms with Gasteiger partial charge in [-0.25, -0.2) is 12.7 Å². The number of nitrogens with zero attached hydrogens (tertiary/aromatic N) is 4. The molecule has 2 aliphatic heterocycles. The molecule has 5 rings (SSSR count). The van der Waals surface area contributed by atoms with Gasteiger partial charge in [-0.1, -0.05) is 24.3 Å². The summed E-state index contributed by atoms with van der Waals surface area (Å²) in [4.78, 5) is 0. The maximum absolute atomic E-state index is 13.5. The first kappa shape index (κ1) is 23.3. The van der Waals surface area contributed by atoms with E-state index < -0.39 is 22.2 Å². The number of benzene rings is 1. The highest BCUT2D eigenvalue weighted by Gasteiger charge is 2.37. The second-order valence-electron chi connectivity index (χ2n) is 9.30. The molecule has 3 heterocycles. The van der Waals surface area contributed by atoms with Gasteiger partial charge in [0, 0.05) is 29.4 Å². The van der Waals surface area contributed by atoms with Crippen LogP contribution in [0.25, 0.3) is 11.3 Å². The Morgan fingerprint density at radius 3 is 2.66 bits per heavy atom. The van der Waals surface area contributed by atoms with Crippen molar-refractivity contribution in [2.24, 2.45) is 5.92 Å². The molecule has 0 amide bonds. The summed E-state index contributed by atoms with van der Waals surface area (Å²) in [7, 11) is -3.49. The van der Waals surface area contributed by atoms with E-state index in [-0.39, 0.29) is 11.7 Å². The molecule has 1 unspecified atom stereocenters. The van der Waals surface area contributed by atoms with Crippen LogP contribution < -0.4 is 10.1 Å². The zero-order chi connectivity index (χ0) is 25.3. The van der Waals surface area contributed by atoms with Crippen LogP contribution in [0.1, 0.15) is 36.6 Å². The van der Waals surface area contributed by atoms with E-state index in [0.717, 1.165) is 11.9 Å².